The maximum Gasteiger partial charge on any atom is 0.287 e. The first-order chi connectivity index (χ1) is 15.7. The fraction of sp³-hybridized carbons (Fsp3) is 0.300. The van der Waals surface area contributed by atoms with E-state index in [1.807, 2.05) is 0 Å². The standard InChI is InChI=1S/C20H19Cl2N5O6/c21-15-11-13(1-3-17(15)26(30)31)19(28)23-5-6-24-7-9-25(10-8-24)20(29)14-2-4-18(27(32)33)16(22)12-14/h1-4,11-12H,5-10H2,(H,23,28). The lowest BCUT2D eigenvalue weighted by Gasteiger charge is -2.34. The van der Waals surface area contributed by atoms with Crippen LogP contribution in [-0.4, -0.2) is 70.7 Å². The van der Waals surface area contributed by atoms with Crippen LogP contribution in [-0.2, 0) is 0 Å². The molecule has 11 nitrogen and oxygen atoms in total. The van der Waals surface area contributed by atoms with Crippen molar-refractivity contribution < 1.29 is 19.4 Å². The van der Waals surface area contributed by atoms with Crippen LogP contribution in [0.5, 0.6) is 0 Å². The van der Waals surface area contributed by atoms with Crippen LogP contribution < -0.4 is 5.32 Å². The maximum atomic E-state index is 12.7. The molecule has 0 atom stereocenters. The number of nitrogens with zero attached hydrogens (tertiary/aromatic N) is 4. The topological polar surface area (TPSA) is 139 Å². The van der Waals surface area contributed by atoms with Gasteiger partial charge in [-0.05, 0) is 24.3 Å². The molecule has 0 aliphatic carbocycles. The van der Waals surface area contributed by atoms with Gasteiger partial charge in [0.05, 0.1) is 9.85 Å². The van der Waals surface area contributed by atoms with E-state index in [4.69, 9.17) is 23.2 Å². The number of nitro groups is 2. The Morgan fingerprint density at radius 1 is 0.879 bits per heavy atom. The molecule has 2 aromatic carbocycles. The van der Waals surface area contributed by atoms with Gasteiger partial charge in [-0.3, -0.25) is 34.7 Å². The number of hydrogen-bond donors (Lipinski definition) is 1. The Hall–Kier alpha value is -3.28. The summed E-state index contributed by atoms with van der Waals surface area (Å²) in [4.78, 5) is 49.1. The Balaban J connectivity index is 1.46. The highest BCUT2D eigenvalue weighted by atomic mass is 35.5. The Labute approximate surface area is 198 Å². The fourth-order valence-corrected chi connectivity index (χ4v) is 3.87. The van der Waals surface area contributed by atoms with Crippen molar-refractivity contribution in [3.05, 3.63) is 77.8 Å². The van der Waals surface area contributed by atoms with Gasteiger partial charge in [0.15, 0.2) is 0 Å². The Morgan fingerprint density at radius 3 is 1.91 bits per heavy atom. The maximum absolute atomic E-state index is 12.7. The Morgan fingerprint density at radius 2 is 1.39 bits per heavy atom. The number of piperazine rings is 1. The van der Waals surface area contributed by atoms with Crippen molar-refractivity contribution in [2.24, 2.45) is 0 Å². The summed E-state index contributed by atoms with van der Waals surface area (Å²) in [6.07, 6.45) is 0. The van der Waals surface area contributed by atoms with Gasteiger partial charge in [0.25, 0.3) is 23.2 Å². The number of amides is 2. The summed E-state index contributed by atoms with van der Waals surface area (Å²) in [5.41, 5.74) is -0.0106. The van der Waals surface area contributed by atoms with Gasteiger partial charge in [0.1, 0.15) is 10.0 Å². The van der Waals surface area contributed by atoms with E-state index < -0.39 is 15.8 Å². The van der Waals surface area contributed by atoms with Crippen molar-refractivity contribution in [2.75, 3.05) is 39.3 Å². The summed E-state index contributed by atoms with van der Waals surface area (Å²) in [6.45, 7) is 2.99. The van der Waals surface area contributed by atoms with E-state index >= 15 is 0 Å². The Bertz CT molecular complexity index is 1100. The summed E-state index contributed by atoms with van der Waals surface area (Å²) in [5, 5.41) is 24.2. The highest BCUT2D eigenvalue weighted by Crippen LogP contribution is 2.26. The molecule has 1 fully saturated rings. The molecule has 0 aromatic heterocycles. The van der Waals surface area contributed by atoms with Gasteiger partial charge in [0, 0.05) is 62.5 Å². The number of nitrogens with one attached hydrogen (secondary N) is 1. The smallest absolute Gasteiger partial charge is 0.287 e. The van der Waals surface area contributed by atoms with Crippen LogP contribution >= 0.6 is 23.2 Å². The van der Waals surface area contributed by atoms with Gasteiger partial charge >= 0.3 is 0 Å². The monoisotopic (exact) mass is 495 g/mol. The number of halogens is 2. The van der Waals surface area contributed by atoms with Gasteiger partial charge in [-0.25, -0.2) is 0 Å². The summed E-state index contributed by atoms with van der Waals surface area (Å²) >= 11 is 11.7. The zero-order chi connectivity index (χ0) is 24.1. The van der Waals surface area contributed by atoms with E-state index in [0.29, 0.717) is 39.3 Å². The molecule has 1 heterocycles. The number of benzene rings is 2. The van der Waals surface area contributed by atoms with Crippen LogP contribution in [0.25, 0.3) is 0 Å². The van der Waals surface area contributed by atoms with Crippen molar-refractivity contribution in [2.45, 2.75) is 0 Å². The van der Waals surface area contributed by atoms with Crippen molar-refractivity contribution in [3.63, 3.8) is 0 Å². The number of carbonyl (C=O) groups excluding carboxylic acids is 2. The summed E-state index contributed by atoms with van der Waals surface area (Å²) in [7, 11) is 0. The molecule has 3 rings (SSSR count). The average molecular weight is 496 g/mol. The molecular formula is C20H19Cl2N5O6. The predicted molar refractivity (Wildman–Crippen MR) is 121 cm³/mol. The van der Waals surface area contributed by atoms with Gasteiger partial charge in [-0.2, -0.15) is 0 Å². The molecule has 0 saturated carbocycles. The molecule has 2 amide bonds. The third-order valence-electron chi connectivity index (χ3n) is 5.17. The van der Waals surface area contributed by atoms with Crippen LogP contribution in [0.4, 0.5) is 11.4 Å². The molecule has 1 aliphatic heterocycles. The van der Waals surface area contributed by atoms with Crippen LogP contribution in [0.2, 0.25) is 10.0 Å². The van der Waals surface area contributed by atoms with Gasteiger partial charge in [-0.1, -0.05) is 23.2 Å². The molecular weight excluding hydrogens is 477 g/mol. The molecule has 0 radical (unpaired) electrons. The minimum absolute atomic E-state index is 0.0884. The lowest BCUT2D eigenvalue weighted by atomic mass is 10.1. The fourth-order valence-electron chi connectivity index (χ4n) is 3.37. The molecule has 0 bridgehead atoms. The average Bonchev–Trinajstić information content (AvgIpc) is 2.78. The van der Waals surface area contributed by atoms with E-state index in [-0.39, 0.29) is 38.5 Å². The number of nitro benzene ring substituents is 2. The summed E-state index contributed by atoms with van der Waals surface area (Å²) in [5.74, 6) is -0.648. The molecule has 33 heavy (non-hydrogen) atoms. The molecule has 1 N–H and O–H groups in total. The SMILES string of the molecule is O=C(NCCN1CCN(C(=O)c2ccc([N+](=O)[O-])c(Cl)c2)CC1)c1ccc([N+](=O)[O-])c(Cl)c1. The minimum atomic E-state index is -0.620. The van der Waals surface area contributed by atoms with E-state index in [1.54, 1.807) is 4.90 Å². The van der Waals surface area contributed by atoms with Gasteiger partial charge in [0.2, 0.25) is 0 Å². The second-order valence-electron chi connectivity index (χ2n) is 7.24. The van der Waals surface area contributed by atoms with Crippen LogP contribution in [0.3, 0.4) is 0 Å². The molecule has 0 spiro atoms. The molecule has 1 aliphatic rings. The largest absolute Gasteiger partial charge is 0.351 e. The minimum Gasteiger partial charge on any atom is -0.351 e. The normalized spacial score (nSPS) is 14.1. The van der Waals surface area contributed by atoms with Crippen molar-refractivity contribution in [1.82, 2.24) is 15.1 Å². The molecule has 13 heteroatoms. The first kappa shape index (κ1) is 24.4. The highest BCUT2D eigenvalue weighted by Gasteiger charge is 2.24. The number of hydrogen-bond acceptors (Lipinski definition) is 7. The zero-order valence-corrected chi connectivity index (χ0v) is 18.7. The van der Waals surface area contributed by atoms with E-state index in [2.05, 4.69) is 10.2 Å². The van der Waals surface area contributed by atoms with E-state index in [9.17, 15) is 29.8 Å². The number of rotatable bonds is 7. The Kier molecular flexibility index (Phi) is 7.79. The van der Waals surface area contributed by atoms with Crippen molar-refractivity contribution in [1.29, 1.82) is 0 Å². The molecule has 174 valence electrons. The van der Waals surface area contributed by atoms with Crippen molar-refractivity contribution in [3.8, 4) is 0 Å². The van der Waals surface area contributed by atoms with Crippen molar-refractivity contribution >= 4 is 46.4 Å². The third kappa shape index (κ3) is 5.95. The van der Waals surface area contributed by atoms with Gasteiger partial charge < -0.3 is 10.2 Å². The molecule has 0 unspecified atom stereocenters. The van der Waals surface area contributed by atoms with E-state index in [1.165, 1.54) is 36.4 Å². The molecule has 2 aromatic rings. The third-order valence-corrected chi connectivity index (χ3v) is 5.78. The van der Waals surface area contributed by atoms with E-state index in [0.717, 1.165) is 0 Å². The summed E-state index contributed by atoms with van der Waals surface area (Å²) in [6, 6.07) is 7.68. The first-order valence-corrected chi connectivity index (χ1v) is 10.6. The second kappa shape index (κ2) is 10.6. The quantitative estimate of drug-likeness (QED) is 0.459. The van der Waals surface area contributed by atoms with Crippen LogP contribution in [0.15, 0.2) is 36.4 Å². The van der Waals surface area contributed by atoms with Crippen LogP contribution in [0, 0.1) is 20.2 Å². The first-order valence-electron chi connectivity index (χ1n) is 9.85. The summed E-state index contributed by atoms with van der Waals surface area (Å²) < 4.78 is 0. The number of carbonyl (C=O) groups is 2. The van der Waals surface area contributed by atoms with Gasteiger partial charge in [-0.15, -0.1) is 0 Å². The lowest BCUT2D eigenvalue weighted by molar-refractivity contribution is -0.384. The second-order valence-corrected chi connectivity index (χ2v) is 8.05. The lowest BCUT2D eigenvalue weighted by Crippen LogP contribution is -2.50. The van der Waals surface area contributed by atoms with Crippen LogP contribution in [0.1, 0.15) is 20.7 Å². The molecule has 1 saturated heterocycles. The zero-order valence-electron chi connectivity index (χ0n) is 17.2. The predicted octanol–water partition coefficient (Wildman–Crippen LogP) is 3.00. The highest BCUT2D eigenvalue weighted by molar-refractivity contribution is 6.33.